The van der Waals surface area contributed by atoms with Crippen LogP contribution in [0.5, 0.6) is 17.2 Å². The Morgan fingerprint density at radius 3 is 2.43 bits per heavy atom. The van der Waals surface area contributed by atoms with Crippen LogP contribution in [-0.2, 0) is 4.74 Å². The number of ether oxygens (including phenoxy) is 4. The van der Waals surface area contributed by atoms with Crippen molar-refractivity contribution >= 4 is 5.91 Å². The largest absolute Gasteiger partial charge is 0.493 e. The van der Waals surface area contributed by atoms with Crippen molar-refractivity contribution in [3.63, 3.8) is 0 Å². The highest BCUT2D eigenvalue weighted by Gasteiger charge is 2.17. The van der Waals surface area contributed by atoms with Crippen LogP contribution in [0.1, 0.15) is 42.2 Å². The third-order valence-electron chi connectivity index (χ3n) is 4.17. The molecule has 2 aromatic carbocycles. The quantitative estimate of drug-likeness (QED) is 0.591. The maximum absolute atomic E-state index is 12.8. The molecule has 0 aliphatic rings. The minimum atomic E-state index is -0.214. The van der Waals surface area contributed by atoms with E-state index in [4.69, 9.17) is 18.9 Å². The average molecular weight is 387 g/mol. The fourth-order valence-corrected chi connectivity index (χ4v) is 2.66. The normalized spacial score (nSPS) is 11.6. The van der Waals surface area contributed by atoms with Crippen molar-refractivity contribution in [2.75, 3.05) is 34.0 Å². The lowest BCUT2D eigenvalue weighted by Gasteiger charge is -2.18. The summed E-state index contributed by atoms with van der Waals surface area (Å²) in [5.74, 6) is 1.68. The lowest BCUT2D eigenvalue weighted by molar-refractivity contribution is 0.0932. The zero-order valence-electron chi connectivity index (χ0n) is 17.0. The third-order valence-corrected chi connectivity index (χ3v) is 4.17. The van der Waals surface area contributed by atoms with Gasteiger partial charge in [0.05, 0.1) is 31.9 Å². The number of para-hydroxylation sites is 1. The minimum Gasteiger partial charge on any atom is -0.493 e. The van der Waals surface area contributed by atoms with E-state index in [0.29, 0.717) is 42.6 Å². The fraction of sp³-hybridized carbons (Fsp3) is 0.409. The number of methoxy groups -OCH3 is 2. The summed E-state index contributed by atoms with van der Waals surface area (Å²) in [7, 11) is 3.21. The summed E-state index contributed by atoms with van der Waals surface area (Å²) in [6, 6.07) is 12.6. The van der Waals surface area contributed by atoms with Crippen LogP contribution in [0, 0.1) is 0 Å². The number of amides is 1. The molecule has 0 saturated carbocycles. The third kappa shape index (κ3) is 5.89. The summed E-state index contributed by atoms with van der Waals surface area (Å²) >= 11 is 0. The van der Waals surface area contributed by atoms with Gasteiger partial charge in [0.25, 0.3) is 5.91 Å². The Kier molecular flexibility index (Phi) is 8.62. The lowest BCUT2D eigenvalue weighted by Crippen LogP contribution is -2.27. The maximum Gasteiger partial charge on any atom is 0.255 e. The van der Waals surface area contributed by atoms with Gasteiger partial charge in [-0.15, -0.1) is 0 Å². The molecule has 0 aromatic heterocycles. The molecule has 2 rings (SSSR count). The molecule has 0 fully saturated rings. The highest BCUT2D eigenvalue weighted by molar-refractivity contribution is 5.97. The Morgan fingerprint density at radius 1 is 0.964 bits per heavy atom. The molecule has 2 aromatic rings. The first kappa shape index (κ1) is 21.6. The summed E-state index contributed by atoms with van der Waals surface area (Å²) in [5.41, 5.74) is 1.41. The van der Waals surface area contributed by atoms with Crippen LogP contribution in [0.3, 0.4) is 0 Å². The summed E-state index contributed by atoms with van der Waals surface area (Å²) in [4.78, 5) is 12.8. The standard InChI is InChI=1S/C22H29NO5/c1-5-12-27-20-11-10-17(15-21(20)26-4)16(2)23-22(24)18-8-6-7-9-19(18)28-14-13-25-3/h6-11,15-16H,5,12-14H2,1-4H3,(H,23,24). The predicted octanol–water partition coefficient (Wildman–Crippen LogP) is 4.00. The van der Waals surface area contributed by atoms with Gasteiger partial charge in [-0.1, -0.05) is 25.1 Å². The Hall–Kier alpha value is -2.73. The molecule has 0 radical (unpaired) electrons. The average Bonchev–Trinajstić information content (AvgIpc) is 2.72. The van der Waals surface area contributed by atoms with Crippen LogP contribution < -0.4 is 19.5 Å². The molecule has 1 atom stereocenters. The van der Waals surface area contributed by atoms with Crippen molar-refractivity contribution in [1.29, 1.82) is 0 Å². The van der Waals surface area contributed by atoms with Gasteiger partial charge in [0.2, 0.25) is 0 Å². The minimum absolute atomic E-state index is 0.203. The summed E-state index contributed by atoms with van der Waals surface area (Å²) in [6.07, 6.45) is 0.920. The molecule has 1 amide bonds. The van der Waals surface area contributed by atoms with Crippen molar-refractivity contribution in [1.82, 2.24) is 5.32 Å². The number of carbonyl (C=O) groups is 1. The molecule has 0 bridgehead atoms. The molecule has 0 aliphatic carbocycles. The van der Waals surface area contributed by atoms with Gasteiger partial charge in [0, 0.05) is 7.11 Å². The predicted molar refractivity (Wildman–Crippen MR) is 108 cm³/mol. The molecule has 28 heavy (non-hydrogen) atoms. The maximum atomic E-state index is 12.8. The number of hydrogen-bond donors (Lipinski definition) is 1. The molecule has 152 valence electrons. The van der Waals surface area contributed by atoms with Crippen molar-refractivity contribution in [2.45, 2.75) is 26.3 Å². The van der Waals surface area contributed by atoms with Crippen LogP contribution in [0.15, 0.2) is 42.5 Å². The van der Waals surface area contributed by atoms with Crippen molar-refractivity contribution in [3.05, 3.63) is 53.6 Å². The molecule has 1 N–H and O–H groups in total. The van der Waals surface area contributed by atoms with Gasteiger partial charge in [0.1, 0.15) is 12.4 Å². The number of carbonyl (C=O) groups excluding carboxylic acids is 1. The van der Waals surface area contributed by atoms with E-state index in [-0.39, 0.29) is 11.9 Å². The topological polar surface area (TPSA) is 66.0 Å². The summed E-state index contributed by atoms with van der Waals surface area (Å²) in [6.45, 7) is 5.44. The van der Waals surface area contributed by atoms with Crippen molar-refractivity contribution < 1.29 is 23.7 Å². The van der Waals surface area contributed by atoms with Gasteiger partial charge >= 0.3 is 0 Å². The smallest absolute Gasteiger partial charge is 0.255 e. The van der Waals surface area contributed by atoms with Crippen LogP contribution in [0.2, 0.25) is 0 Å². The number of hydrogen-bond acceptors (Lipinski definition) is 5. The van der Waals surface area contributed by atoms with Gasteiger partial charge in [-0.2, -0.15) is 0 Å². The molecule has 0 saturated heterocycles. The molecule has 1 unspecified atom stereocenters. The Labute approximate surface area is 166 Å². The second-order valence-corrected chi connectivity index (χ2v) is 6.29. The second kappa shape index (κ2) is 11.2. The first-order valence-electron chi connectivity index (χ1n) is 9.43. The first-order valence-corrected chi connectivity index (χ1v) is 9.43. The molecule has 0 spiro atoms. The monoisotopic (exact) mass is 387 g/mol. The first-order chi connectivity index (χ1) is 13.6. The highest BCUT2D eigenvalue weighted by Crippen LogP contribution is 2.30. The van der Waals surface area contributed by atoms with E-state index in [0.717, 1.165) is 12.0 Å². The van der Waals surface area contributed by atoms with Crippen LogP contribution in [0.4, 0.5) is 0 Å². The molecule has 0 aliphatic heterocycles. The van der Waals surface area contributed by atoms with Crippen LogP contribution >= 0.6 is 0 Å². The van der Waals surface area contributed by atoms with Crippen LogP contribution in [-0.4, -0.2) is 39.9 Å². The van der Waals surface area contributed by atoms with E-state index in [1.165, 1.54) is 0 Å². The fourth-order valence-electron chi connectivity index (χ4n) is 2.66. The van der Waals surface area contributed by atoms with Gasteiger partial charge in [-0.25, -0.2) is 0 Å². The molecule has 6 nitrogen and oxygen atoms in total. The van der Waals surface area contributed by atoms with E-state index in [2.05, 4.69) is 12.2 Å². The Balaban J connectivity index is 2.10. The van der Waals surface area contributed by atoms with Gasteiger partial charge < -0.3 is 24.3 Å². The van der Waals surface area contributed by atoms with Gasteiger partial charge in [-0.3, -0.25) is 4.79 Å². The Bertz CT molecular complexity index is 762. The molecule has 6 heteroatoms. The molecular formula is C22H29NO5. The van der Waals surface area contributed by atoms with E-state index < -0.39 is 0 Å². The van der Waals surface area contributed by atoms with E-state index >= 15 is 0 Å². The highest BCUT2D eigenvalue weighted by atomic mass is 16.5. The second-order valence-electron chi connectivity index (χ2n) is 6.29. The number of rotatable bonds is 11. The zero-order valence-corrected chi connectivity index (χ0v) is 17.0. The summed E-state index contributed by atoms with van der Waals surface area (Å²) < 4.78 is 21.8. The van der Waals surface area contributed by atoms with E-state index in [1.807, 2.05) is 37.3 Å². The van der Waals surface area contributed by atoms with Gasteiger partial charge in [0.15, 0.2) is 11.5 Å². The summed E-state index contributed by atoms with van der Waals surface area (Å²) in [5, 5.41) is 3.01. The molecular weight excluding hydrogens is 358 g/mol. The lowest BCUT2D eigenvalue weighted by atomic mass is 10.1. The zero-order chi connectivity index (χ0) is 20.4. The number of benzene rings is 2. The van der Waals surface area contributed by atoms with Crippen LogP contribution in [0.25, 0.3) is 0 Å². The van der Waals surface area contributed by atoms with Gasteiger partial charge in [-0.05, 0) is 43.2 Å². The van der Waals surface area contributed by atoms with E-state index in [1.54, 1.807) is 26.4 Å². The Morgan fingerprint density at radius 2 is 1.71 bits per heavy atom. The molecule has 0 heterocycles. The SMILES string of the molecule is CCCOc1ccc(C(C)NC(=O)c2ccccc2OCCOC)cc1OC. The van der Waals surface area contributed by atoms with Crippen molar-refractivity contribution in [2.24, 2.45) is 0 Å². The number of nitrogens with one attached hydrogen (secondary N) is 1. The van der Waals surface area contributed by atoms with E-state index in [9.17, 15) is 4.79 Å². The van der Waals surface area contributed by atoms with Crippen molar-refractivity contribution in [3.8, 4) is 17.2 Å².